The van der Waals surface area contributed by atoms with Gasteiger partial charge in [0.15, 0.2) is 5.76 Å². The van der Waals surface area contributed by atoms with Crippen molar-refractivity contribution in [1.82, 2.24) is 20.3 Å². The molecule has 2 rings (SSSR count). The van der Waals surface area contributed by atoms with Gasteiger partial charge >= 0.3 is 0 Å². The molecule has 0 spiro atoms. The zero-order valence-electron chi connectivity index (χ0n) is 14.0. The van der Waals surface area contributed by atoms with Gasteiger partial charge in [-0.1, -0.05) is 18.5 Å². The predicted molar refractivity (Wildman–Crippen MR) is 85.5 cm³/mol. The lowest BCUT2D eigenvalue weighted by Gasteiger charge is -2.23. The Labute approximate surface area is 132 Å². The van der Waals surface area contributed by atoms with Crippen LogP contribution in [-0.4, -0.2) is 60.6 Å². The van der Waals surface area contributed by atoms with Gasteiger partial charge in [-0.25, -0.2) is 0 Å². The molecule has 1 unspecified atom stereocenters. The average molecular weight is 308 g/mol. The molecule has 1 amide bonds. The maximum Gasteiger partial charge on any atom is 0.221 e. The molecule has 6 nitrogen and oxygen atoms in total. The highest BCUT2D eigenvalue weighted by Gasteiger charge is 2.23. The van der Waals surface area contributed by atoms with Crippen LogP contribution in [0.4, 0.5) is 0 Å². The summed E-state index contributed by atoms with van der Waals surface area (Å²) in [4.78, 5) is 16.5. The molecule has 0 saturated carbocycles. The number of amides is 1. The first kappa shape index (κ1) is 17.0. The molecule has 22 heavy (non-hydrogen) atoms. The largest absolute Gasteiger partial charge is 0.359 e. The molecule has 1 saturated heterocycles. The molecule has 1 aromatic rings. The van der Waals surface area contributed by atoms with Gasteiger partial charge in [-0.05, 0) is 33.5 Å². The number of aryl methyl sites for hydroxylation is 1. The van der Waals surface area contributed by atoms with Gasteiger partial charge < -0.3 is 19.6 Å². The van der Waals surface area contributed by atoms with E-state index in [0.29, 0.717) is 19.0 Å². The molecule has 0 bridgehead atoms. The normalized spacial score (nSPS) is 19.0. The first-order chi connectivity index (χ1) is 10.6. The number of hydrogen-bond donors (Lipinski definition) is 1. The van der Waals surface area contributed by atoms with Crippen molar-refractivity contribution in [2.75, 3.05) is 33.7 Å². The molecule has 1 fully saturated rings. The third kappa shape index (κ3) is 5.10. The summed E-state index contributed by atoms with van der Waals surface area (Å²) in [5.41, 5.74) is 0.955. The van der Waals surface area contributed by atoms with Gasteiger partial charge in [0.1, 0.15) is 0 Å². The molecule has 0 aliphatic carbocycles. The van der Waals surface area contributed by atoms with Gasteiger partial charge in [-0.3, -0.25) is 4.79 Å². The van der Waals surface area contributed by atoms with E-state index in [1.165, 1.54) is 6.42 Å². The first-order valence-electron chi connectivity index (χ1n) is 8.18. The minimum absolute atomic E-state index is 0.0617. The third-order valence-electron chi connectivity index (χ3n) is 4.26. The van der Waals surface area contributed by atoms with Crippen LogP contribution >= 0.6 is 0 Å². The summed E-state index contributed by atoms with van der Waals surface area (Å²) >= 11 is 0. The fraction of sp³-hybridized carbons (Fsp3) is 0.750. The Balaban J connectivity index is 1.64. The zero-order valence-corrected chi connectivity index (χ0v) is 14.0. The fourth-order valence-electron chi connectivity index (χ4n) is 2.82. The Hall–Kier alpha value is -1.40. The van der Waals surface area contributed by atoms with Crippen LogP contribution in [0.3, 0.4) is 0 Å². The van der Waals surface area contributed by atoms with Crippen LogP contribution in [-0.2, 0) is 17.8 Å². The van der Waals surface area contributed by atoms with Crippen molar-refractivity contribution in [3.63, 3.8) is 0 Å². The van der Waals surface area contributed by atoms with Crippen LogP contribution in [0.1, 0.15) is 37.6 Å². The van der Waals surface area contributed by atoms with E-state index in [0.717, 1.165) is 43.9 Å². The summed E-state index contributed by atoms with van der Waals surface area (Å²) in [7, 11) is 4.25. The molecular weight excluding hydrogens is 280 g/mol. The number of carbonyl (C=O) groups excluding carboxylic acids is 1. The van der Waals surface area contributed by atoms with Gasteiger partial charge in [0.05, 0.1) is 12.2 Å². The molecule has 124 valence electrons. The van der Waals surface area contributed by atoms with E-state index in [2.05, 4.69) is 41.3 Å². The van der Waals surface area contributed by atoms with Gasteiger partial charge in [0, 0.05) is 31.6 Å². The Morgan fingerprint density at radius 3 is 3.09 bits per heavy atom. The molecule has 1 aliphatic rings. The van der Waals surface area contributed by atoms with E-state index >= 15 is 0 Å². The Morgan fingerprint density at radius 2 is 2.41 bits per heavy atom. The highest BCUT2D eigenvalue weighted by Crippen LogP contribution is 2.12. The molecule has 1 N–H and O–H groups in total. The van der Waals surface area contributed by atoms with E-state index in [4.69, 9.17) is 4.52 Å². The van der Waals surface area contributed by atoms with E-state index in [1.807, 2.05) is 6.07 Å². The second-order valence-electron chi connectivity index (χ2n) is 6.25. The lowest BCUT2D eigenvalue weighted by atomic mass is 10.2. The van der Waals surface area contributed by atoms with Crippen molar-refractivity contribution in [3.05, 3.63) is 17.5 Å². The number of rotatable bonds is 8. The van der Waals surface area contributed by atoms with Crippen molar-refractivity contribution < 1.29 is 9.32 Å². The lowest BCUT2D eigenvalue weighted by Crippen LogP contribution is -2.36. The van der Waals surface area contributed by atoms with Gasteiger partial charge in [0.25, 0.3) is 0 Å². The summed E-state index contributed by atoms with van der Waals surface area (Å²) in [5.74, 6) is 0.786. The standard InChI is InChI=1S/C16H28N4O2/c1-4-5-13-10-15(22-18-13)11-17-16(21)7-9-20(3)14-6-8-19(2)12-14/h10,14H,4-9,11-12H2,1-3H3,(H,17,21). The van der Waals surface area contributed by atoms with Crippen LogP contribution < -0.4 is 5.32 Å². The molecular formula is C16H28N4O2. The number of nitrogens with one attached hydrogen (secondary N) is 1. The molecule has 6 heteroatoms. The minimum Gasteiger partial charge on any atom is -0.359 e. The Bertz CT molecular complexity index is 474. The second kappa shape index (κ2) is 8.29. The van der Waals surface area contributed by atoms with E-state index in [9.17, 15) is 4.79 Å². The Kier molecular flexibility index (Phi) is 6.39. The quantitative estimate of drug-likeness (QED) is 0.783. The maximum atomic E-state index is 11.9. The summed E-state index contributed by atoms with van der Waals surface area (Å²) in [6, 6.07) is 2.49. The van der Waals surface area contributed by atoms with Crippen LogP contribution in [0.15, 0.2) is 10.6 Å². The predicted octanol–water partition coefficient (Wildman–Crippen LogP) is 1.27. The van der Waals surface area contributed by atoms with E-state index < -0.39 is 0 Å². The van der Waals surface area contributed by atoms with Crippen molar-refractivity contribution >= 4 is 5.91 Å². The topological polar surface area (TPSA) is 61.6 Å². The number of nitrogens with zero attached hydrogens (tertiary/aromatic N) is 3. The van der Waals surface area contributed by atoms with E-state index in [1.54, 1.807) is 0 Å². The lowest BCUT2D eigenvalue weighted by molar-refractivity contribution is -0.121. The number of hydrogen-bond acceptors (Lipinski definition) is 5. The third-order valence-corrected chi connectivity index (χ3v) is 4.26. The Morgan fingerprint density at radius 1 is 1.59 bits per heavy atom. The second-order valence-corrected chi connectivity index (χ2v) is 6.25. The van der Waals surface area contributed by atoms with Gasteiger partial charge in [0.2, 0.25) is 5.91 Å². The molecule has 2 heterocycles. The number of likely N-dealkylation sites (tertiary alicyclic amines) is 1. The maximum absolute atomic E-state index is 11.9. The average Bonchev–Trinajstić information content (AvgIpc) is 3.12. The monoisotopic (exact) mass is 308 g/mol. The minimum atomic E-state index is 0.0617. The van der Waals surface area contributed by atoms with Crippen LogP contribution in [0.5, 0.6) is 0 Å². The zero-order chi connectivity index (χ0) is 15.9. The summed E-state index contributed by atoms with van der Waals surface area (Å²) in [5, 5.41) is 6.88. The SMILES string of the molecule is CCCc1cc(CNC(=O)CCN(C)C2CCN(C)C2)on1. The highest BCUT2D eigenvalue weighted by molar-refractivity contribution is 5.75. The number of likely N-dealkylation sites (N-methyl/N-ethyl adjacent to an activating group) is 2. The van der Waals surface area contributed by atoms with Crippen molar-refractivity contribution in [3.8, 4) is 0 Å². The highest BCUT2D eigenvalue weighted by atomic mass is 16.5. The van der Waals surface area contributed by atoms with Crippen molar-refractivity contribution in [2.45, 2.75) is 45.2 Å². The van der Waals surface area contributed by atoms with Crippen LogP contribution in [0.25, 0.3) is 0 Å². The van der Waals surface area contributed by atoms with Crippen molar-refractivity contribution in [1.29, 1.82) is 0 Å². The van der Waals surface area contributed by atoms with Gasteiger partial charge in [-0.2, -0.15) is 0 Å². The van der Waals surface area contributed by atoms with E-state index in [-0.39, 0.29) is 5.91 Å². The van der Waals surface area contributed by atoms with Crippen LogP contribution in [0, 0.1) is 0 Å². The summed E-state index contributed by atoms with van der Waals surface area (Å²) in [6.07, 6.45) is 3.67. The summed E-state index contributed by atoms with van der Waals surface area (Å²) in [6.45, 7) is 5.56. The summed E-state index contributed by atoms with van der Waals surface area (Å²) < 4.78 is 5.21. The van der Waals surface area contributed by atoms with Gasteiger partial charge in [-0.15, -0.1) is 0 Å². The fourth-order valence-corrected chi connectivity index (χ4v) is 2.82. The molecule has 1 aromatic heterocycles. The van der Waals surface area contributed by atoms with Crippen LogP contribution in [0.2, 0.25) is 0 Å². The number of carbonyl (C=O) groups is 1. The molecule has 1 atom stereocenters. The number of aromatic nitrogens is 1. The smallest absolute Gasteiger partial charge is 0.221 e. The first-order valence-corrected chi connectivity index (χ1v) is 8.18. The molecule has 1 aliphatic heterocycles. The van der Waals surface area contributed by atoms with Crippen molar-refractivity contribution in [2.24, 2.45) is 0 Å². The molecule has 0 aromatic carbocycles. The molecule has 0 radical (unpaired) electrons.